The van der Waals surface area contributed by atoms with E-state index in [1.807, 2.05) is 0 Å². The highest BCUT2D eigenvalue weighted by atomic mass is 35.5. The van der Waals surface area contributed by atoms with Crippen LogP contribution < -0.4 is 4.90 Å². The van der Waals surface area contributed by atoms with Crippen molar-refractivity contribution >= 4 is 28.5 Å². The molecule has 2 heterocycles. The van der Waals surface area contributed by atoms with Gasteiger partial charge in [-0.05, 0) is 11.6 Å². The standard InChI is InChI=1S/C9H10ClF2N5O/c10-9-14-7-5(3-13-16-7)8(15-9)17(1-2-18)4-6(11)12/h3,6,18H,1-2,4H2,(H,13,14,15,16). The van der Waals surface area contributed by atoms with Gasteiger partial charge in [0.05, 0.1) is 24.7 Å². The highest BCUT2D eigenvalue weighted by Crippen LogP contribution is 2.24. The number of nitrogens with zero attached hydrogens (tertiary/aromatic N) is 4. The maximum absolute atomic E-state index is 12.5. The molecule has 2 N–H and O–H groups in total. The molecule has 0 atom stereocenters. The van der Waals surface area contributed by atoms with Crippen LogP contribution in [0.25, 0.3) is 11.0 Å². The molecule has 0 fully saturated rings. The van der Waals surface area contributed by atoms with Gasteiger partial charge in [-0.1, -0.05) is 0 Å². The van der Waals surface area contributed by atoms with Gasteiger partial charge >= 0.3 is 0 Å². The van der Waals surface area contributed by atoms with E-state index in [1.165, 1.54) is 11.1 Å². The van der Waals surface area contributed by atoms with Gasteiger partial charge in [0.15, 0.2) is 5.65 Å². The number of hydrogen-bond donors (Lipinski definition) is 2. The van der Waals surface area contributed by atoms with Crippen molar-refractivity contribution in [3.8, 4) is 0 Å². The lowest BCUT2D eigenvalue weighted by Crippen LogP contribution is -2.32. The third-order valence-corrected chi connectivity index (χ3v) is 2.46. The molecule has 0 saturated carbocycles. The van der Waals surface area contributed by atoms with Crippen molar-refractivity contribution in [2.45, 2.75) is 6.43 Å². The molecule has 2 aromatic heterocycles. The van der Waals surface area contributed by atoms with E-state index in [9.17, 15) is 8.78 Å². The summed E-state index contributed by atoms with van der Waals surface area (Å²) in [4.78, 5) is 9.05. The number of nitrogens with one attached hydrogen (secondary N) is 1. The molecule has 9 heteroatoms. The van der Waals surface area contributed by atoms with E-state index in [2.05, 4.69) is 20.2 Å². The third kappa shape index (κ3) is 2.65. The topological polar surface area (TPSA) is 77.9 Å². The molecule has 6 nitrogen and oxygen atoms in total. The molecule has 18 heavy (non-hydrogen) atoms. The summed E-state index contributed by atoms with van der Waals surface area (Å²) >= 11 is 5.71. The molecule has 0 aliphatic carbocycles. The van der Waals surface area contributed by atoms with E-state index in [1.54, 1.807) is 0 Å². The lowest BCUT2D eigenvalue weighted by molar-refractivity contribution is 0.152. The number of aliphatic hydroxyl groups is 1. The zero-order chi connectivity index (χ0) is 13.1. The highest BCUT2D eigenvalue weighted by Gasteiger charge is 2.18. The van der Waals surface area contributed by atoms with Gasteiger partial charge in [-0.3, -0.25) is 5.10 Å². The number of aromatic amines is 1. The molecule has 0 unspecified atom stereocenters. The second-order valence-electron chi connectivity index (χ2n) is 3.51. The SMILES string of the molecule is OCCN(CC(F)F)c1nc(Cl)nc2[nH]ncc12. The fourth-order valence-corrected chi connectivity index (χ4v) is 1.77. The van der Waals surface area contributed by atoms with E-state index < -0.39 is 13.0 Å². The smallest absolute Gasteiger partial charge is 0.255 e. The Labute approximate surface area is 106 Å². The monoisotopic (exact) mass is 277 g/mol. The molecule has 0 saturated heterocycles. The number of H-pyrrole nitrogens is 1. The van der Waals surface area contributed by atoms with E-state index >= 15 is 0 Å². The number of fused-ring (bicyclic) bond motifs is 1. The summed E-state index contributed by atoms with van der Waals surface area (Å²) in [5.74, 6) is 0.230. The van der Waals surface area contributed by atoms with Crippen LogP contribution in [-0.4, -0.2) is 51.4 Å². The van der Waals surface area contributed by atoms with Crippen LogP contribution in [0.3, 0.4) is 0 Å². The molecular formula is C9H10ClF2N5O. The zero-order valence-corrected chi connectivity index (χ0v) is 9.90. The Bertz CT molecular complexity index is 535. The van der Waals surface area contributed by atoms with Crippen LogP contribution in [-0.2, 0) is 0 Å². The molecule has 0 radical (unpaired) electrons. The normalized spacial score (nSPS) is 11.4. The van der Waals surface area contributed by atoms with Crippen molar-refractivity contribution in [1.29, 1.82) is 0 Å². The van der Waals surface area contributed by atoms with Crippen LogP contribution in [0.2, 0.25) is 5.28 Å². The summed E-state index contributed by atoms with van der Waals surface area (Å²) in [5, 5.41) is 15.7. The van der Waals surface area contributed by atoms with Crippen LogP contribution >= 0.6 is 11.6 Å². The number of rotatable bonds is 5. The van der Waals surface area contributed by atoms with Gasteiger partial charge in [-0.25, -0.2) is 8.78 Å². The first kappa shape index (κ1) is 12.9. The average Bonchev–Trinajstić information content (AvgIpc) is 2.74. The summed E-state index contributed by atoms with van der Waals surface area (Å²) < 4.78 is 25.0. The largest absolute Gasteiger partial charge is 0.395 e. The minimum Gasteiger partial charge on any atom is -0.395 e. The molecule has 0 spiro atoms. The molecule has 0 aliphatic heterocycles. The van der Waals surface area contributed by atoms with E-state index in [-0.39, 0.29) is 24.3 Å². The fourth-order valence-electron chi connectivity index (χ4n) is 1.61. The maximum Gasteiger partial charge on any atom is 0.255 e. The lowest BCUT2D eigenvalue weighted by atomic mass is 10.3. The van der Waals surface area contributed by atoms with Crippen molar-refractivity contribution in [3.63, 3.8) is 0 Å². The fraction of sp³-hybridized carbons (Fsp3) is 0.444. The average molecular weight is 278 g/mol. The minimum absolute atomic E-state index is 0.0258. The van der Waals surface area contributed by atoms with Gasteiger partial charge in [0.25, 0.3) is 6.43 Å². The highest BCUT2D eigenvalue weighted by molar-refractivity contribution is 6.28. The van der Waals surface area contributed by atoms with Gasteiger partial charge in [0.2, 0.25) is 5.28 Å². The molecule has 0 bridgehead atoms. The van der Waals surface area contributed by atoms with Crippen LogP contribution in [0.4, 0.5) is 14.6 Å². The Kier molecular flexibility index (Phi) is 3.87. The van der Waals surface area contributed by atoms with Gasteiger partial charge in [-0.2, -0.15) is 15.1 Å². The zero-order valence-electron chi connectivity index (χ0n) is 9.15. The Balaban J connectivity index is 2.44. The van der Waals surface area contributed by atoms with Gasteiger partial charge in [0, 0.05) is 6.54 Å². The third-order valence-electron chi connectivity index (χ3n) is 2.29. The number of anilines is 1. The van der Waals surface area contributed by atoms with Crippen molar-refractivity contribution in [1.82, 2.24) is 20.2 Å². The second kappa shape index (κ2) is 5.40. The maximum atomic E-state index is 12.5. The minimum atomic E-state index is -2.55. The van der Waals surface area contributed by atoms with Crippen LogP contribution in [0.15, 0.2) is 6.20 Å². The van der Waals surface area contributed by atoms with E-state index in [0.29, 0.717) is 11.0 Å². The van der Waals surface area contributed by atoms with Crippen molar-refractivity contribution in [2.75, 3.05) is 24.6 Å². The Morgan fingerprint density at radius 1 is 1.44 bits per heavy atom. The quantitative estimate of drug-likeness (QED) is 0.800. The first-order valence-electron chi connectivity index (χ1n) is 5.12. The van der Waals surface area contributed by atoms with Crippen LogP contribution in [0, 0.1) is 0 Å². The van der Waals surface area contributed by atoms with Crippen molar-refractivity contribution in [3.05, 3.63) is 11.5 Å². The van der Waals surface area contributed by atoms with E-state index in [4.69, 9.17) is 16.7 Å². The van der Waals surface area contributed by atoms with Crippen LogP contribution in [0.5, 0.6) is 0 Å². The van der Waals surface area contributed by atoms with Gasteiger partial charge in [-0.15, -0.1) is 0 Å². The number of aliphatic hydroxyl groups excluding tert-OH is 1. The molecule has 0 aromatic carbocycles. The Morgan fingerprint density at radius 2 is 2.22 bits per heavy atom. The molecule has 2 aromatic rings. The Hall–Kier alpha value is -1.54. The molecule has 0 aliphatic rings. The summed E-state index contributed by atoms with van der Waals surface area (Å²) in [5.41, 5.74) is 0.363. The van der Waals surface area contributed by atoms with Crippen LogP contribution in [0.1, 0.15) is 0 Å². The first-order chi connectivity index (χ1) is 8.61. The first-order valence-corrected chi connectivity index (χ1v) is 5.50. The van der Waals surface area contributed by atoms with Gasteiger partial charge in [0.1, 0.15) is 5.82 Å². The molecule has 2 rings (SSSR count). The van der Waals surface area contributed by atoms with Crippen molar-refractivity contribution < 1.29 is 13.9 Å². The molecule has 0 amide bonds. The lowest BCUT2D eigenvalue weighted by Gasteiger charge is -2.22. The summed E-state index contributed by atoms with van der Waals surface area (Å²) in [6, 6.07) is 0. The number of hydrogen-bond acceptors (Lipinski definition) is 5. The second-order valence-corrected chi connectivity index (χ2v) is 3.85. The van der Waals surface area contributed by atoms with Crippen molar-refractivity contribution in [2.24, 2.45) is 0 Å². The van der Waals surface area contributed by atoms with E-state index in [0.717, 1.165) is 0 Å². The summed E-state index contributed by atoms with van der Waals surface area (Å²) in [7, 11) is 0. The molecular weight excluding hydrogens is 268 g/mol. The number of halogens is 3. The predicted octanol–water partition coefficient (Wildman–Crippen LogP) is 1.07. The Morgan fingerprint density at radius 3 is 2.89 bits per heavy atom. The summed E-state index contributed by atoms with van der Waals surface area (Å²) in [6.07, 6.45) is -1.12. The van der Waals surface area contributed by atoms with Gasteiger partial charge < -0.3 is 10.0 Å². The number of alkyl halides is 2. The molecule has 98 valence electrons. The number of aromatic nitrogens is 4. The summed E-state index contributed by atoms with van der Waals surface area (Å²) in [6.45, 7) is -0.792. The predicted molar refractivity (Wildman–Crippen MR) is 62.0 cm³/mol.